The first-order valence-electron chi connectivity index (χ1n) is 9.60. The number of carbonyl (C=O) groups is 1. The molecule has 0 saturated heterocycles. The fraction of sp³-hybridized carbons (Fsp3) is 0.130. The first-order valence-corrected chi connectivity index (χ1v) is 11.4. The van der Waals surface area contributed by atoms with Crippen LogP contribution in [0.2, 0.25) is 5.02 Å². The predicted octanol–water partition coefficient (Wildman–Crippen LogP) is 4.44. The molecular weight excluding hydrogens is 453 g/mol. The lowest BCUT2D eigenvalue weighted by atomic mass is 10.2. The number of nitrogens with zero attached hydrogens (tertiary/aromatic N) is 2. The maximum absolute atomic E-state index is 13.3. The first kappa shape index (κ1) is 23.4. The first-order chi connectivity index (χ1) is 15.2. The lowest BCUT2D eigenvalue weighted by Crippen LogP contribution is -2.39. The second-order valence-corrected chi connectivity index (χ2v) is 9.37. The van der Waals surface area contributed by atoms with Crippen LogP contribution in [-0.2, 0) is 14.8 Å². The second kappa shape index (κ2) is 9.93. The smallest absolute Gasteiger partial charge is 0.264 e. The minimum absolute atomic E-state index is 0.0439. The summed E-state index contributed by atoms with van der Waals surface area (Å²) in [6.45, 7) is 3.12. The Morgan fingerprint density at radius 1 is 1.06 bits per heavy atom. The number of amides is 1. The predicted molar refractivity (Wildman–Crippen MR) is 124 cm³/mol. The molecule has 0 aliphatic carbocycles. The molecule has 0 fully saturated rings. The number of carbonyl (C=O) groups excluding carboxylic acids is 1. The van der Waals surface area contributed by atoms with Crippen molar-refractivity contribution in [3.8, 4) is 0 Å². The zero-order valence-corrected chi connectivity index (χ0v) is 19.0. The molecule has 3 aromatic rings. The lowest BCUT2D eigenvalue weighted by molar-refractivity contribution is -0.119. The molecule has 32 heavy (non-hydrogen) atoms. The third-order valence-electron chi connectivity index (χ3n) is 4.61. The van der Waals surface area contributed by atoms with Gasteiger partial charge in [0.1, 0.15) is 12.4 Å². The summed E-state index contributed by atoms with van der Waals surface area (Å²) in [7, 11) is -4.06. The van der Waals surface area contributed by atoms with Crippen LogP contribution >= 0.6 is 11.6 Å². The molecule has 9 heteroatoms. The molecule has 0 spiro atoms. The fourth-order valence-corrected chi connectivity index (χ4v) is 4.37. The van der Waals surface area contributed by atoms with Gasteiger partial charge in [0.05, 0.1) is 16.8 Å². The van der Waals surface area contributed by atoms with Gasteiger partial charge in [-0.05, 0) is 61.4 Å². The number of nitrogens with one attached hydrogen (secondary N) is 1. The average Bonchev–Trinajstić information content (AvgIpc) is 2.76. The minimum Gasteiger partial charge on any atom is -0.271 e. The number of hydrogen-bond donors (Lipinski definition) is 1. The molecule has 0 aliphatic rings. The maximum Gasteiger partial charge on any atom is 0.264 e. The highest BCUT2D eigenvalue weighted by Gasteiger charge is 2.27. The SMILES string of the molecule is Cc1ccc(S(=O)(=O)N(CC(=O)N/N=C\c2ccc(F)cc2)c2ccc(C)c(Cl)c2)cc1. The zero-order chi connectivity index (χ0) is 23.3. The molecule has 6 nitrogen and oxygen atoms in total. The molecule has 0 bridgehead atoms. The topological polar surface area (TPSA) is 78.8 Å². The van der Waals surface area contributed by atoms with Crippen molar-refractivity contribution in [3.63, 3.8) is 0 Å². The summed E-state index contributed by atoms with van der Waals surface area (Å²) >= 11 is 6.20. The Morgan fingerprint density at radius 3 is 2.34 bits per heavy atom. The number of halogens is 2. The molecule has 166 valence electrons. The van der Waals surface area contributed by atoms with Gasteiger partial charge in [-0.3, -0.25) is 9.10 Å². The van der Waals surface area contributed by atoms with Crippen LogP contribution in [0.25, 0.3) is 0 Å². The van der Waals surface area contributed by atoms with Gasteiger partial charge in [-0.25, -0.2) is 18.2 Å². The van der Waals surface area contributed by atoms with Crippen molar-refractivity contribution in [1.29, 1.82) is 0 Å². The molecule has 0 aliphatic heterocycles. The summed E-state index contributed by atoms with van der Waals surface area (Å²) < 4.78 is 40.6. The molecule has 0 radical (unpaired) electrons. The summed E-state index contributed by atoms with van der Waals surface area (Å²) in [5.41, 5.74) is 4.80. The molecule has 0 atom stereocenters. The Morgan fingerprint density at radius 2 is 1.72 bits per heavy atom. The van der Waals surface area contributed by atoms with Gasteiger partial charge in [0.15, 0.2) is 0 Å². The highest BCUT2D eigenvalue weighted by Crippen LogP contribution is 2.28. The van der Waals surface area contributed by atoms with Gasteiger partial charge in [-0.15, -0.1) is 0 Å². The van der Waals surface area contributed by atoms with Gasteiger partial charge in [-0.1, -0.05) is 47.5 Å². The third kappa shape index (κ3) is 5.72. The number of anilines is 1. The number of benzene rings is 3. The van der Waals surface area contributed by atoms with E-state index >= 15 is 0 Å². The molecule has 0 aromatic heterocycles. The third-order valence-corrected chi connectivity index (χ3v) is 6.81. The highest BCUT2D eigenvalue weighted by molar-refractivity contribution is 7.92. The van der Waals surface area contributed by atoms with Crippen LogP contribution in [0, 0.1) is 19.7 Å². The minimum atomic E-state index is -4.06. The molecular formula is C23H21ClFN3O3S. The van der Waals surface area contributed by atoms with Crippen LogP contribution < -0.4 is 9.73 Å². The van der Waals surface area contributed by atoms with E-state index in [1.165, 1.54) is 48.7 Å². The van der Waals surface area contributed by atoms with Gasteiger partial charge in [0.25, 0.3) is 15.9 Å². The summed E-state index contributed by atoms with van der Waals surface area (Å²) in [5, 5.41) is 4.20. The van der Waals surface area contributed by atoms with Crippen molar-refractivity contribution in [1.82, 2.24) is 5.43 Å². The van der Waals surface area contributed by atoms with Crippen molar-refractivity contribution >= 4 is 39.4 Å². The summed E-state index contributed by atoms with van der Waals surface area (Å²) in [6, 6.07) is 16.6. The molecule has 0 saturated carbocycles. The van der Waals surface area contributed by atoms with E-state index < -0.39 is 22.5 Å². The molecule has 1 amide bonds. The van der Waals surface area contributed by atoms with Crippen molar-refractivity contribution < 1.29 is 17.6 Å². The van der Waals surface area contributed by atoms with E-state index in [1.54, 1.807) is 31.2 Å². The van der Waals surface area contributed by atoms with Crippen LogP contribution in [0.1, 0.15) is 16.7 Å². The van der Waals surface area contributed by atoms with Crippen LogP contribution in [0.4, 0.5) is 10.1 Å². The van der Waals surface area contributed by atoms with Crippen molar-refractivity contribution in [3.05, 3.63) is 94.3 Å². The zero-order valence-electron chi connectivity index (χ0n) is 17.4. The van der Waals surface area contributed by atoms with E-state index in [0.29, 0.717) is 10.6 Å². The monoisotopic (exact) mass is 473 g/mol. The molecule has 0 unspecified atom stereocenters. The summed E-state index contributed by atoms with van der Waals surface area (Å²) in [6.07, 6.45) is 1.33. The fourth-order valence-electron chi connectivity index (χ4n) is 2.78. The molecule has 0 heterocycles. The Balaban J connectivity index is 1.86. The molecule has 3 aromatic carbocycles. The van der Waals surface area contributed by atoms with Crippen LogP contribution in [-0.4, -0.2) is 27.1 Å². The summed E-state index contributed by atoms with van der Waals surface area (Å²) in [5.74, 6) is -1.05. The quantitative estimate of drug-likeness (QED) is 0.407. The van der Waals surface area contributed by atoms with Crippen LogP contribution in [0.3, 0.4) is 0 Å². The van der Waals surface area contributed by atoms with Crippen LogP contribution in [0.5, 0.6) is 0 Å². The average molecular weight is 474 g/mol. The number of hydrogen-bond acceptors (Lipinski definition) is 4. The van der Waals surface area contributed by atoms with E-state index in [4.69, 9.17) is 11.6 Å². The maximum atomic E-state index is 13.3. The summed E-state index contributed by atoms with van der Waals surface area (Å²) in [4.78, 5) is 12.6. The lowest BCUT2D eigenvalue weighted by Gasteiger charge is -2.24. The van der Waals surface area contributed by atoms with Gasteiger partial charge in [-0.2, -0.15) is 5.10 Å². The number of sulfonamides is 1. The van der Waals surface area contributed by atoms with E-state index in [2.05, 4.69) is 10.5 Å². The second-order valence-electron chi connectivity index (χ2n) is 7.10. The van der Waals surface area contributed by atoms with E-state index in [-0.39, 0.29) is 16.4 Å². The van der Waals surface area contributed by atoms with E-state index in [0.717, 1.165) is 15.4 Å². The Bertz CT molecular complexity index is 1240. The molecule has 3 rings (SSSR count). The Kier molecular flexibility index (Phi) is 7.27. The van der Waals surface area contributed by atoms with Gasteiger partial charge >= 0.3 is 0 Å². The Hall–Kier alpha value is -3.23. The number of rotatable bonds is 7. The standard InChI is InChI=1S/C23H21ClFN3O3S/c1-16-3-11-21(12-4-16)32(30,31)28(20-10-5-17(2)22(24)13-20)15-23(29)27-26-14-18-6-8-19(25)9-7-18/h3-14H,15H2,1-2H3,(H,27,29)/b26-14-. The van der Waals surface area contributed by atoms with Crippen molar-refractivity contribution in [2.45, 2.75) is 18.7 Å². The highest BCUT2D eigenvalue weighted by atomic mass is 35.5. The normalized spacial score (nSPS) is 11.5. The van der Waals surface area contributed by atoms with Crippen LogP contribution in [0.15, 0.2) is 76.7 Å². The van der Waals surface area contributed by atoms with Crippen molar-refractivity contribution in [2.24, 2.45) is 5.10 Å². The number of aryl methyl sites for hydroxylation is 2. The van der Waals surface area contributed by atoms with Gasteiger partial charge in [0, 0.05) is 5.02 Å². The van der Waals surface area contributed by atoms with Crippen molar-refractivity contribution in [2.75, 3.05) is 10.8 Å². The number of hydrazone groups is 1. The van der Waals surface area contributed by atoms with E-state index in [9.17, 15) is 17.6 Å². The van der Waals surface area contributed by atoms with Gasteiger partial charge < -0.3 is 0 Å². The van der Waals surface area contributed by atoms with E-state index in [1.807, 2.05) is 6.92 Å². The largest absolute Gasteiger partial charge is 0.271 e. The Labute approximate surface area is 191 Å². The molecule has 1 N–H and O–H groups in total. The van der Waals surface area contributed by atoms with Gasteiger partial charge in [0.2, 0.25) is 0 Å².